The van der Waals surface area contributed by atoms with Gasteiger partial charge in [0, 0.05) is 24.9 Å². The lowest BCUT2D eigenvalue weighted by atomic mass is 9.96. The summed E-state index contributed by atoms with van der Waals surface area (Å²) in [5.41, 5.74) is 6.55. The molecule has 1 aromatic carbocycles. The van der Waals surface area contributed by atoms with Gasteiger partial charge >= 0.3 is 0 Å². The molecule has 0 radical (unpaired) electrons. The Balaban J connectivity index is 1.43. The molecule has 0 spiro atoms. The lowest BCUT2D eigenvalue weighted by Gasteiger charge is -2.31. The molecule has 5 heteroatoms. The van der Waals surface area contributed by atoms with Gasteiger partial charge in [-0.05, 0) is 37.8 Å². The fourth-order valence-electron chi connectivity index (χ4n) is 2.71. The maximum Gasteiger partial charge on any atom is 0.241 e. The molecule has 3 rings (SSSR count). The first kappa shape index (κ1) is 13.9. The summed E-state index contributed by atoms with van der Waals surface area (Å²) in [6.45, 7) is 1.41. The summed E-state index contributed by atoms with van der Waals surface area (Å²) in [6, 6.07) is 9.56. The fraction of sp³-hybridized carbons (Fsp3) is 0.500. The van der Waals surface area contributed by atoms with E-state index in [9.17, 15) is 9.59 Å². The Bertz CT molecular complexity index is 506. The predicted molar refractivity (Wildman–Crippen MR) is 80.2 cm³/mol. The van der Waals surface area contributed by atoms with Crippen LogP contribution >= 0.6 is 0 Å². The Morgan fingerprint density at radius 2 is 1.62 bits per heavy atom. The molecule has 21 heavy (non-hydrogen) atoms. The summed E-state index contributed by atoms with van der Waals surface area (Å²) in [5.74, 6) is 0.563. The van der Waals surface area contributed by atoms with Gasteiger partial charge in [0.15, 0.2) is 0 Å². The van der Waals surface area contributed by atoms with Crippen molar-refractivity contribution in [1.82, 2.24) is 10.3 Å². The molecule has 2 fully saturated rings. The van der Waals surface area contributed by atoms with E-state index in [0.717, 1.165) is 31.4 Å². The van der Waals surface area contributed by atoms with Crippen LogP contribution in [0, 0.1) is 11.8 Å². The number of carbonyl (C=O) groups is 2. The van der Waals surface area contributed by atoms with Crippen molar-refractivity contribution in [2.45, 2.75) is 25.7 Å². The van der Waals surface area contributed by atoms with Gasteiger partial charge in [0.1, 0.15) is 0 Å². The summed E-state index contributed by atoms with van der Waals surface area (Å²) in [5, 5.41) is 0. The van der Waals surface area contributed by atoms with Gasteiger partial charge in [0.2, 0.25) is 11.8 Å². The van der Waals surface area contributed by atoms with Crippen LogP contribution in [0.15, 0.2) is 30.3 Å². The topological polar surface area (TPSA) is 61.4 Å². The molecular weight excluding hydrogens is 266 g/mol. The lowest BCUT2D eigenvalue weighted by molar-refractivity contribution is -0.136. The van der Waals surface area contributed by atoms with Crippen molar-refractivity contribution in [1.29, 1.82) is 0 Å². The molecule has 112 valence electrons. The van der Waals surface area contributed by atoms with E-state index in [1.54, 1.807) is 0 Å². The Morgan fingerprint density at radius 3 is 2.24 bits per heavy atom. The summed E-state index contributed by atoms with van der Waals surface area (Å²) in [7, 11) is 0. The third kappa shape index (κ3) is 3.54. The molecule has 5 nitrogen and oxygen atoms in total. The van der Waals surface area contributed by atoms with Crippen LogP contribution in [0.4, 0.5) is 5.69 Å². The van der Waals surface area contributed by atoms with Crippen LogP contribution in [0.1, 0.15) is 25.7 Å². The highest BCUT2D eigenvalue weighted by Crippen LogP contribution is 2.32. The normalized spacial score (nSPS) is 19.1. The fourth-order valence-corrected chi connectivity index (χ4v) is 2.71. The number of hydrazine groups is 1. The van der Waals surface area contributed by atoms with E-state index in [-0.39, 0.29) is 23.7 Å². The molecule has 0 aromatic heterocycles. The maximum atomic E-state index is 12.1. The Kier molecular flexibility index (Phi) is 4.08. The Morgan fingerprint density at radius 1 is 0.952 bits per heavy atom. The summed E-state index contributed by atoms with van der Waals surface area (Å²) in [4.78, 5) is 26.0. The van der Waals surface area contributed by atoms with Gasteiger partial charge in [-0.1, -0.05) is 18.2 Å². The SMILES string of the molecule is O=C(NNc1ccccc1)C1CCN(C(=O)C2CC2)CC1. The van der Waals surface area contributed by atoms with Crippen molar-refractivity contribution in [2.24, 2.45) is 11.8 Å². The molecular formula is C16H21N3O2. The molecule has 1 aliphatic carbocycles. The number of benzene rings is 1. The van der Waals surface area contributed by atoms with Crippen molar-refractivity contribution < 1.29 is 9.59 Å². The number of para-hydroxylation sites is 1. The zero-order chi connectivity index (χ0) is 14.7. The van der Waals surface area contributed by atoms with Gasteiger partial charge in [0.05, 0.1) is 5.69 Å². The first-order valence-electron chi connectivity index (χ1n) is 7.64. The number of rotatable bonds is 4. The average molecular weight is 287 g/mol. The second-order valence-electron chi connectivity index (χ2n) is 5.85. The van der Waals surface area contributed by atoms with Crippen LogP contribution in [0.5, 0.6) is 0 Å². The second-order valence-corrected chi connectivity index (χ2v) is 5.85. The van der Waals surface area contributed by atoms with Crippen LogP contribution in [-0.2, 0) is 9.59 Å². The minimum absolute atomic E-state index is 0.00975. The van der Waals surface area contributed by atoms with Gasteiger partial charge in [-0.15, -0.1) is 0 Å². The Hall–Kier alpha value is -2.04. The van der Waals surface area contributed by atoms with E-state index in [4.69, 9.17) is 0 Å². The number of likely N-dealkylation sites (tertiary alicyclic amines) is 1. The number of hydrogen-bond donors (Lipinski definition) is 2. The molecule has 1 saturated heterocycles. The number of amides is 2. The van der Waals surface area contributed by atoms with Crippen molar-refractivity contribution in [2.75, 3.05) is 18.5 Å². The van der Waals surface area contributed by atoms with Crippen LogP contribution in [0.2, 0.25) is 0 Å². The van der Waals surface area contributed by atoms with E-state index in [1.807, 2.05) is 35.2 Å². The lowest BCUT2D eigenvalue weighted by Crippen LogP contribution is -2.44. The number of nitrogens with one attached hydrogen (secondary N) is 2. The number of piperidine rings is 1. The monoisotopic (exact) mass is 287 g/mol. The third-order valence-corrected chi connectivity index (χ3v) is 4.21. The van der Waals surface area contributed by atoms with Gasteiger partial charge in [-0.25, -0.2) is 0 Å². The van der Waals surface area contributed by atoms with E-state index >= 15 is 0 Å². The molecule has 1 heterocycles. The van der Waals surface area contributed by atoms with Crippen molar-refractivity contribution >= 4 is 17.5 Å². The average Bonchev–Trinajstić information content (AvgIpc) is 3.38. The van der Waals surface area contributed by atoms with Gasteiger partial charge in [-0.2, -0.15) is 0 Å². The van der Waals surface area contributed by atoms with Gasteiger partial charge in [0.25, 0.3) is 0 Å². The number of hydrogen-bond acceptors (Lipinski definition) is 3. The highest BCUT2D eigenvalue weighted by molar-refractivity contribution is 5.82. The van der Waals surface area contributed by atoms with E-state index in [2.05, 4.69) is 10.9 Å². The van der Waals surface area contributed by atoms with Crippen LogP contribution in [0.25, 0.3) is 0 Å². The number of anilines is 1. The van der Waals surface area contributed by atoms with E-state index < -0.39 is 0 Å². The first-order chi connectivity index (χ1) is 10.2. The van der Waals surface area contributed by atoms with Crippen LogP contribution in [-0.4, -0.2) is 29.8 Å². The molecule has 2 amide bonds. The highest BCUT2D eigenvalue weighted by atomic mass is 16.2. The molecule has 0 unspecified atom stereocenters. The third-order valence-electron chi connectivity index (χ3n) is 4.21. The summed E-state index contributed by atoms with van der Waals surface area (Å²) in [6.07, 6.45) is 3.59. The highest BCUT2D eigenvalue weighted by Gasteiger charge is 2.35. The number of carbonyl (C=O) groups excluding carboxylic acids is 2. The second kappa shape index (κ2) is 6.16. The van der Waals surface area contributed by atoms with E-state index in [0.29, 0.717) is 13.1 Å². The predicted octanol–water partition coefficient (Wildman–Crippen LogP) is 1.78. The quantitative estimate of drug-likeness (QED) is 0.830. The zero-order valence-electron chi connectivity index (χ0n) is 12.0. The van der Waals surface area contributed by atoms with Crippen molar-refractivity contribution in [3.05, 3.63) is 30.3 Å². The minimum Gasteiger partial charge on any atom is -0.342 e. The zero-order valence-corrected chi connectivity index (χ0v) is 12.0. The maximum absolute atomic E-state index is 12.1. The first-order valence-corrected chi connectivity index (χ1v) is 7.64. The van der Waals surface area contributed by atoms with Gasteiger partial charge < -0.3 is 4.90 Å². The van der Waals surface area contributed by atoms with Crippen LogP contribution in [0.3, 0.4) is 0 Å². The van der Waals surface area contributed by atoms with Crippen molar-refractivity contribution in [3.63, 3.8) is 0 Å². The Labute approximate surface area is 124 Å². The van der Waals surface area contributed by atoms with Gasteiger partial charge in [-0.3, -0.25) is 20.4 Å². The molecule has 2 N–H and O–H groups in total. The molecule has 1 aromatic rings. The van der Waals surface area contributed by atoms with Crippen LogP contribution < -0.4 is 10.9 Å². The molecule has 1 aliphatic heterocycles. The van der Waals surface area contributed by atoms with E-state index in [1.165, 1.54) is 0 Å². The molecule has 0 atom stereocenters. The smallest absolute Gasteiger partial charge is 0.241 e. The molecule has 2 aliphatic rings. The standard InChI is InChI=1S/C16H21N3O2/c20-15(18-17-14-4-2-1-3-5-14)12-8-10-19(11-9-12)16(21)13-6-7-13/h1-5,12-13,17H,6-11H2,(H,18,20). The minimum atomic E-state index is -0.00975. The molecule has 0 bridgehead atoms. The summed E-state index contributed by atoms with van der Waals surface area (Å²) >= 11 is 0. The largest absolute Gasteiger partial charge is 0.342 e. The molecule has 1 saturated carbocycles. The van der Waals surface area contributed by atoms with Crippen molar-refractivity contribution in [3.8, 4) is 0 Å². The summed E-state index contributed by atoms with van der Waals surface area (Å²) < 4.78 is 0. The number of nitrogens with zero attached hydrogens (tertiary/aromatic N) is 1.